The number of phenolic OH excluding ortho intramolecular Hbond substituents is 1. The molecule has 0 radical (unpaired) electrons. The van der Waals surface area contributed by atoms with E-state index in [4.69, 9.17) is 16.7 Å². The molecule has 0 aliphatic carbocycles. The Morgan fingerprint density at radius 1 is 1.53 bits per heavy atom. The average Bonchev–Trinajstić information content (AvgIpc) is 2.76. The Balaban J connectivity index is 2.24. The second kappa shape index (κ2) is 4.94. The van der Waals surface area contributed by atoms with Gasteiger partial charge in [0.1, 0.15) is 5.75 Å². The second-order valence-electron chi connectivity index (χ2n) is 4.14. The number of phenols is 1. The van der Waals surface area contributed by atoms with Gasteiger partial charge in [-0.2, -0.15) is 0 Å². The van der Waals surface area contributed by atoms with Crippen LogP contribution >= 0.6 is 11.6 Å². The number of aromatic hydroxyl groups is 1. The fraction of sp³-hybridized carbons (Fsp3) is 0.417. The van der Waals surface area contributed by atoms with Crippen LogP contribution in [0.1, 0.15) is 23.2 Å². The van der Waals surface area contributed by atoms with Gasteiger partial charge in [-0.05, 0) is 31.0 Å². The summed E-state index contributed by atoms with van der Waals surface area (Å²) in [5.74, 6) is -0.373. The third-order valence-corrected chi connectivity index (χ3v) is 3.27. The highest BCUT2D eigenvalue weighted by Gasteiger charge is 2.29. The van der Waals surface area contributed by atoms with E-state index in [9.17, 15) is 9.90 Å². The van der Waals surface area contributed by atoms with Crippen molar-refractivity contribution in [2.75, 3.05) is 13.2 Å². The molecule has 1 aliphatic heterocycles. The predicted octanol–water partition coefficient (Wildman–Crippen LogP) is 1.64. The van der Waals surface area contributed by atoms with Crippen molar-refractivity contribution in [1.82, 2.24) is 4.90 Å². The number of likely N-dealkylation sites (tertiary alicyclic amines) is 1. The summed E-state index contributed by atoms with van der Waals surface area (Å²) in [4.78, 5) is 13.8. The quantitative estimate of drug-likeness (QED) is 0.845. The van der Waals surface area contributed by atoms with E-state index in [0.29, 0.717) is 11.6 Å². The van der Waals surface area contributed by atoms with Gasteiger partial charge in [0.15, 0.2) is 0 Å². The molecule has 1 amide bonds. The third-order valence-electron chi connectivity index (χ3n) is 3.04. The molecular weight excluding hydrogens is 242 g/mol. The Kier molecular flexibility index (Phi) is 3.54. The number of amides is 1. The fourth-order valence-corrected chi connectivity index (χ4v) is 2.30. The summed E-state index contributed by atoms with van der Waals surface area (Å²) < 4.78 is 0. The lowest BCUT2D eigenvalue weighted by Gasteiger charge is -2.23. The zero-order valence-corrected chi connectivity index (χ0v) is 10.0. The molecule has 0 spiro atoms. The molecule has 17 heavy (non-hydrogen) atoms. The van der Waals surface area contributed by atoms with Crippen molar-refractivity contribution < 1.29 is 15.0 Å². The maximum Gasteiger partial charge on any atom is 0.257 e. The number of rotatable bonds is 2. The van der Waals surface area contributed by atoms with Gasteiger partial charge in [-0.25, -0.2) is 0 Å². The minimum Gasteiger partial charge on any atom is -0.507 e. The Labute approximate surface area is 104 Å². The number of carbonyl (C=O) groups excluding carboxylic acids is 1. The topological polar surface area (TPSA) is 60.8 Å². The van der Waals surface area contributed by atoms with Gasteiger partial charge < -0.3 is 15.1 Å². The molecule has 1 fully saturated rings. The van der Waals surface area contributed by atoms with Crippen LogP contribution in [-0.4, -0.2) is 40.2 Å². The van der Waals surface area contributed by atoms with Crippen LogP contribution < -0.4 is 0 Å². The summed E-state index contributed by atoms with van der Waals surface area (Å²) in [6.45, 7) is 0.576. The van der Waals surface area contributed by atoms with E-state index in [1.807, 2.05) is 0 Å². The highest BCUT2D eigenvalue weighted by Crippen LogP contribution is 2.26. The molecule has 0 saturated carbocycles. The fourth-order valence-electron chi connectivity index (χ4n) is 2.13. The van der Waals surface area contributed by atoms with Crippen molar-refractivity contribution in [3.8, 4) is 5.75 Å². The number of benzene rings is 1. The Bertz CT molecular complexity index is 436. The Morgan fingerprint density at radius 2 is 2.29 bits per heavy atom. The second-order valence-corrected chi connectivity index (χ2v) is 4.58. The first-order valence-electron chi connectivity index (χ1n) is 5.54. The molecule has 92 valence electrons. The molecule has 1 aromatic carbocycles. The van der Waals surface area contributed by atoms with Crippen LogP contribution in [0.15, 0.2) is 18.2 Å². The lowest BCUT2D eigenvalue weighted by Crippen LogP contribution is -2.37. The van der Waals surface area contributed by atoms with Crippen LogP contribution in [-0.2, 0) is 0 Å². The summed E-state index contributed by atoms with van der Waals surface area (Å²) >= 11 is 5.71. The lowest BCUT2D eigenvalue weighted by molar-refractivity contribution is 0.0674. The number of halogens is 1. The van der Waals surface area contributed by atoms with Crippen LogP contribution in [0.3, 0.4) is 0 Å². The van der Waals surface area contributed by atoms with E-state index in [-0.39, 0.29) is 29.9 Å². The molecule has 0 bridgehead atoms. The molecule has 0 unspecified atom stereocenters. The predicted molar refractivity (Wildman–Crippen MR) is 64.3 cm³/mol. The van der Waals surface area contributed by atoms with Crippen molar-refractivity contribution >= 4 is 17.5 Å². The van der Waals surface area contributed by atoms with Crippen molar-refractivity contribution in [1.29, 1.82) is 0 Å². The van der Waals surface area contributed by atoms with Crippen LogP contribution in [0, 0.1) is 0 Å². The van der Waals surface area contributed by atoms with Crippen molar-refractivity contribution in [3.63, 3.8) is 0 Å². The summed E-state index contributed by atoms with van der Waals surface area (Å²) in [5.41, 5.74) is 0.231. The lowest BCUT2D eigenvalue weighted by atomic mass is 10.1. The summed E-state index contributed by atoms with van der Waals surface area (Å²) in [6, 6.07) is 4.28. The normalized spacial score (nSPS) is 19.6. The highest BCUT2D eigenvalue weighted by atomic mass is 35.5. The van der Waals surface area contributed by atoms with Gasteiger partial charge in [-0.3, -0.25) is 4.79 Å². The van der Waals surface area contributed by atoms with E-state index >= 15 is 0 Å². The number of nitrogens with zero attached hydrogens (tertiary/aromatic N) is 1. The molecule has 5 heteroatoms. The van der Waals surface area contributed by atoms with Gasteiger partial charge in [0.2, 0.25) is 0 Å². The van der Waals surface area contributed by atoms with Crippen LogP contribution in [0.25, 0.3) is 0 Å². The molecule has 2 rings (SSSR count). The smallest absolute Gasteiger partial charge is 0.257 e. The summed E-state index contributed by atoms with van der Waals surface area (Å²) in [7, 11) is 0. The standard InChI is InChI=1S/C12H14ClNO3/c13-8-3-4-10(11(16)6-8)12(17)14-5-1-2-9(14)7-15/h3-4,6,9,15-16H,1-2,5,7H2/t9-/m1/s1. The molecule has 1 saturated heterocycles. The molecule has 2 N–H and O–H groups in total. The van der Waals surface area contributed by atoms with Crippen LogP contribution in [0.4, 0.5) is 0 Å². The maximum absolute atomic E-state index is 12.2. The van der Waals surface area contributed by atoms with Crippen LogP contribution in [0.2, 0.25) is 5.02 Å². The maximum atomic E-state index is 12.2. The van der Waals surface area contributed by atoms with E-state index < -0.39 is 0 Å². The summed E-state index contributed by atoms with van der Waals surface area (Å²) in [6.07, 6.45) is 1.68. The molecule has 1 aromatic rings. The first-order chi connectivity index (χ1) is 8.13. The van der Waals surface area contributed by atoms with E-state index in [1.165, 1.54) is 12.1 Å². The van der Waals surface area contributed by atoms with E-state index in [2.05, 4.69) is 0 Å². The third kappa shape index (κ3) is 2.37. The molecule has 0 aromatic heterocycles. The number of hydrogen-bond donors (Lipinski definition) is 2. The number of aliphatic hydroxyl groups excluding tert-OH is 1. The van der Waals surface area contributed by atoms with Gasteiger partial charge in [0.25, 0.3) is 5.91 Å². The molecular formula is C12H14ClNO3. The highest BCUT2D eigenvalue weighted by molar-refractivity contribution is 6.30. The number of carbonyl (C=O) groups is 1. The van der Waals surface area contributed by atoms with Crippen molar-refractivity contribution in [2.24, 2.45) is 0 Å². The minimum atomic E-state index is -0.254. The summed E-state index contributed by atoms with van der Waals surface area (Å²) in [5, 5.41) is 19.2. The first kappa shape index (κ1) is 12.2. The SMILES string of the molecule is O=C(c1ccc(Cl)cc1O)N1CCC[C@@H]1CO. The van der Waals surface area contributed by atoms with E-state index in [0.717, 1.165) is 12.8 Å². The Hall–Kier alpha value is -1.26. The van der Waals surface area contributed by atoms with Crippen molar-refractivity contribution in [2.45, 2.75) is 18.9 Å². The zero-order chi connectivity index (χ0) is 12.4. The minimum absolute atomic E-state index is 0.0416. The zero-order valence-electron chi connectivity index (χ0n) is 9.27. The molecule has 1 heterocycles. The van der Waals surface area contributed by atoms with Gasteiger partial charge in [0.05, 0.1) is 18.2 Å². The number of aliphatic hydroxyl groups is 1. The number of hydrogen-bond acceptors (Lipinski definition) is 3. The van der Waals surface area contributed by atoms with Crippen molar-refractivity contribution in [3.05, 3.63) is 28.8 Å². The molecule has 1 atom stereocenters. The van der Waals surface area contributed by atoms with Gasteiger partial charge in [0, 0.05) is 11.6 Å². The Morgan fingerprint density at radius 3 is 2.94 bits per heavy atom. The average molecular weight is 256 g/mol. The van der Waals surface area contributed by atoms with Gasteiger partial charge in [-0.1, -0.05) is 11.6 Å². The monoisotopic (exact) mass is 255 g/mol. The first-order valence-corrected chi connectivity index (χ1v) is 5.91. The van der Waals surface area contributed by atoms with Gasteiger partial charge >= 0.3 is 0 Å². The van der Waals surface area contributed by atoms with Gasteiger partial charge in [-0.15, -0.1) is 0 Å². The largest absolute Gasteiger partial charge is 0.507 e. The van der Waals surface area contributed by atoms with E-state index in [1.54, 1.807) is 11.0 Å². The molecule has 1 aliphatic rings. The molecule has 4 nitrogen and oxygen atoms in total. The van der Waals surface area contributed by atoms with Crippen LogP contribution in [0.5, 0.6) is 5.75 Å².